The number of rotatable bonds is 5. The van der Waals surface area contributed by atoms with Gasteiger partial charge in [0.2, 0.25) is 0 Å². The maximum Gasteiger partial charge on any atom is 0.00409 e. The molecule has 0 radical (unpaired) electrons. The quantitative estimate of drug-likeness (QED) is 0.814. The van der Waals surface area contributed by atoms with Crippen molar-refractivity contribution in [1.82, 2.24) is 5.32 Å². The Kier molecular flexibility index (Phi) is 4.76. The summed E-state index contributed by atoms with van der Waals surface area (Å²) in [4.78, 5) is 0. The van der Waals surface area contributed by atoms with E-state index in [1.54, 1.807) is 0 Å². The van der Waals surface area contributed by atoms with Gasteiger partial charge in [-0.05, 0) is 62.8 Å². The third kappa shape index (κ3) is 4.16. The summed E-state index contributed by atoms with van der Waals surface area (Å²) in [5.41, 5.74) is 4.73. The molecule has 1 nitrogen and oxygen atoms in total. The van der Waals surface area contributed by atoms with Gasteiger partial charge in [0.25, 0.3) is 0 Å². The molecule has 0 amide bonds. The SMILES string of the molecule is CNC(C)CC(C)(C)Cc1c(C)cccc1C. The Morgan fingerprint density at radius 1 is 1.18 bits per heavy atom. The Balaban J connectivity index is 2.82. The van der Waals surface area contributed by atoms with Gasteiger partial charge in [-0.3, -0.25) is 0 Å². The van der Waals surface area contributed by atoms with Crippen LogP contribution < -0.4 is 5.32 Å². The molecule has 0 aromatic heterocycles. The van der Waals surface area contributed by atoms with Gasteiger partial charge >= 0.3 is 0 Å². The summed E-state index contributed by atoms with van der Waals surface area (Å²) in [6.45, 7) is 11.4. The largest absolute Gasteiger partial charge is 0.317 e. The van der Waals surface area contributed by atoms with E-state index in [1.807, 2.05) is 7.05 Å². The Bertz CT molecular complexity index is 346. The van der Waals surface area contributed by atoms with Gasteiger partial charge in [0.05, 0.1) is 0 Å². The van der Waals surface area contributed by atoms with E-state index in [2.05, 4.69) is 58.1 Å². The summed E-state index contributed by atoms with van der Waals surface area (Å²) in [6.07, 6.45) is 2.37. The molecule has 0 saturated heterocycles. The molecule has 1 aromatic rings. The van der Waals surface area contributed by atoms with Crippen molar-refractivity contribution >= 4 is 0 Å². The molecule has 1 rings (SSSR count). The number of hydrogen-bond acceptors (Lipinski definition) is 1. The normalized spacial score (nSPS) is 13.8. The van der Waals surface area contributed by atoms with Crippen LogP contribution in [-0.2, 0) is 6.42 Å². The first kappa shape index (κ1) is 14.2. The lowest BCUT2D eigenvalue weighted by Crippen LogP contribution is -2.29. The van der Waals surface area contributed by atoms with Crippen LogP contribution in [0.2, 0.25) is 0 Å². The molecule has 1 atom stereocenters. The van der Waals surface area contributed by atoms with Crippen molar-refractivity contribution in [3.8, 4) is 0 Å². The van der Waals surface area contributed by atoms with Crippen molar-refractivity contribution in [1.29, 1.82) is 0 Å². The van der Waals surface area contributed by atoms with E-state index >= 15 is 0 Å². The Morgan fingerprint density at radius 2 is 1.71 bits per heavy atom. The van der Waals surface area contributed by atoms with E-state index in [9.17, 15) is 0 Å². The number of nitrogens with one attached hydrogen (secondary N) is 1. The van der Waals surface area contributed by atoms with Gasteiger partial charge in [-0.2, -0.15) is 0 Å². The molecule has 0 spiro atoms. The zero-order valence-corrected chi connectivity index (χ0v) is 12.2. The standard InChI is InChI=1S/C16H27N/c1-12-8-7-9-13(2)15(12)11-16(4,5)10-14(3)17-6/h7-9,14,17H,10-11H2,1-6H3. The van der Waals surface area contributed by atoms with Crippen LogP contribution in [0, 0.1) is 19.3 Å². The van der Waals surface area contributed by atoms with Gasteiger partial charge in [0.15, 0.2) is 0 Å². The summed E-state index contributed by atoms with van der Waals surface area (Å²) in [6, 6.07) is 7.17. The van der Waals surface area contributed by atoms with Crippen LogP contribution in [0.4, 0.5) is 0 Å². The third-order valence-electron chi connectivity index (χ3n) is 3.65. The van der Waals surface area contributed by atoms with E-state index in [-0.39, 0.29) is 0 Å². The molecular weight excluding hydrogens is 206 g/mol. The maximum atomic E-state index is 3.34. The Morgan fingerprint density at radius 3 is 2.18 bits per heavy atom. The summed E-state index contributed by atoms with van der Waals surface area (Å²) in [7, 11) is 2.04. The molecule has 0 bridgehead atoms. The topological polar surface area (TPSA) is 12.0 Å². The van der Waals surface area contributed by atoms with E-state index in [0.29, 0.717) is 11.5 Å². The minimum absolute atomic E-state index is 0.347. The lowest BCUT2D eigenvalue weighted by Gasteiger charge is -2.29. The maximum absolute atomic E-state index is 3.34. The van der Waals surface area contributed by atoms with Gasteiger partial charge in [0, 0.05) is 6.04 Å². The lowest BCUT2D eigenvalue weighted by atomic mass is 9.78. The summed E-state index contributed by atoms with van der Waals surface area (Å²) < 4.78 is 0. The van der Waals surface area contributed by atoms with E-state index < -0.39 is 0 Å². The molecule has 0 saturated carbocycles. The molecule has 1 aromatic carbocycles. The smallest absolute Gasteiger partial charge is 0.00409 e. The lowest BCUT2D eigenvalue weighted by molar-refractivity contribution is 0.292. The first-order valence-electron chi connectivity index (χ1n) is 6.58. The number of aryl methyl sites for hydroxylation is 2. The fraction of sp³-hybridized carbons (Fsp3) is 0.625. The van der Waals surface area contributed by atoms with Crippen LogP contribution in [0.15, 0.2) is 18.2 Å². The van der Waals surface area contributed by atoms with E-state index in [1.165, 1.54) is 23.1 Å². The van der Waals surface area contributed by atoms with Crippen molar-refractivity contribution in [2.24, 2.45) is 5.41 Å². The highest BCUT2D eigenvalue weighted by Gasteiger charge is 2.22. The molecular formula is C16H27N. The Labute approximate surface area is 107 Å². The minimum Gasteiger partial charge on any atom is -0.317 e. The monoisotopic (exact) mass is 233 g/mol. The number of hydrogen-bond donors (Lipinski definition) is 1. The third-order valence-corrected chi connectivity index (χ3v) is 3.65. The van der Waals surface area contributed by atoms with Gasteiger partial charge in [-0.15, -0.1) is 0 Å². The summed E-state index contributed by atoms with van der Waals surface area (Å²) in [5.74, 6) is 0. The summed E-state index contributed by atoms with van der Waals surface area (Å²) in [5, 5.41) is 3.34. The Hall–Kier alpha value is -0.820. The average molecular weight is 233 g/mol. The highest BCUT2D eigenvalue weighted by Crippen LogP contribution is 2.30. The van der Waals surface area contributed by atoms with Crippen molar-refractivity contribution in [3.05, 3.63) is 34.9 Å². The van der Waals surface area contributed by atoms with Crippen molar-refractivity contribution in [2.75, 3.05) is 7.05 Å². The highest BCUT2D eigenvalue weighted by molar-refractivity contribution is 5.34. The van der Waals surface area contributed by atoms with Gasteiger partial charge in [0.1, 0.15) is 0 Å². The zero-order chi connectivity index (χ0) is 13.1. The zero-order valence-electron chi connectivity index (χ0n) is 12.2. The van der Waals surface area contributed by atoms with Crippen LogP contribution in [0.25, 0.3) is 0 Å². The second kappa shape index (κ2) is 5.68. The van der Waals surface area contributed by atoms with Gasteiger partial charge in [-0.1, -0.05) is 32.0 Å². The summed E-state index contributed by atoms with van der Waals surface area (Å²) >= 11 is 0. The van der Waals surface area contributed by atoms with Crippen LogP contribution in [0.3, 0.4) is 0 Å². The first-order chi connectivity index (χ1) is 7.85. The van der Waals surface area contributed by atoms with Gasteiger partial charge in [-0.25, -0.2) is 0 Å². The van der Waals surface area contributed by atoms with Crippen molar-refractivity contribution < 1.29 is 0 Å². The first-order valence-corrected chi connectivity index (χ1v) is 6.58. The van der Waals surface area contributed by atoms with E-state index in [0.717, 1.165) is 6.42 Å². The predicted molar refractivity (Wildman–Crippen MR) is 76.5 cm³/mol. The molecule has 17 heavy (non-hydrogen) atoms. The molecule has 1 heteroatoms. The van der Waals surface area contributed by atoms with Crippen LogP contribution in [0.5, 0.6) is 0 Å². The van der Waals surface area contributed by atoms with Crippen LogP contribution >= 0.6 is 0 Å². The molecule has 0 aliphatic rings. The predicted octanol–water partition coefficient (Wildman–Crippen LogP) is 3.87. The molecule has 0 aliphatic heterocycles. The molecule has 1 N–H and O–H groups in total. The second-order valence-electron chi connectivity index (χ2n) is 6.11. The fourth-order valence-corrected chi connectivity index (χ4v) is 2.61. The fourth-order valence-electron chi connectivity index (χ4n) is 2.61. The van der Waals surface area contributed by atoms with Crippen molar-refractivity contribution in [3.63, 3.8) is 0 Å². The van der Waals surface area contributed by atoms with Crippen molar-refractivity contribution in [2.45, 2.75) is 53.5 Å². The van der Waals surface area contributed by atoms with E-state index in [4.69, 9.17) is 0 Å². The average Bonchev–Trinajstić information content (AvgIpc) is 2.23. The second-order valence-corrected chi connectivity index (χ2v) is 6.11. The molecule has 0 heterocycles. The molecule has 0 fully saturated rings. The molecule has 96 valence electrons. The molecule has 1 unspecified atom stereocenters. The van der Waals surface area contributed by atoms with Crippen LogP contribution in [0.1, 0.15) is 43.9 Å². The highest BCUT2D eigenvalue weighted by atomic mass is 14.9. The number of benzene rings is 1. The molecule has 0 aliphatic carbocycles. The van der Waals surface area contributed by atoms with Gasteiger partial charge < -0.3 is 5.32 Å². The van der Waals surface area contributed by atoms with Crippen LogP contribution in [-0.4, -0.2) is 13.1 Å². The minimum atomic E-state index is 0.347.